The number of piperidine rings is 1. The summed E-state index contributed by atoms with van der Waals surface area (Å²) in [5.41, 5.74) is 1.17. The third-order valence-electron chi connectivity index (χ3n) is 6.10. The molecule has 1 N–H and O–H groups in total. The topological polar surface area (TPSA) is 41.6 Å². The van der Waals surface area contributed by atoms with Crippen LogP contribution in [0.4, 0.5) is 0 Å². The maximum atomic E-state index is 12.9. The Bertz CT molecular complexity index is 1010. The number of benzene rings is 3. The van der Waals surface area contributed by atoms with Crippen molar-refractivity contribution in [2.45, 2.75) is 25.8 Å². The monoisotopic (exact) mass is 480 g/mol. The number of rotatable bonds is 7. The van der Waals surface area contributed by atoms with Gasteiger partial charge in [0.25, 0.3) is 0 Å². The van der Waals surface area contributed by atoms with Crippen LogP contribution in [0, 0.1) is 5.92 Å². The number of hydrogen-bond donors (Lipinski definition) is 1. The predicted octanol–water partition coefficient (Wildman–Crippen LogP) is 5.57. The van der Waals surface area contributed by atoms with Gasteiger partial charge in [0, 0.05) is 16.9 Å². The van der Waals surface area contributed by atoms with Gasteiger partial charge in [-0.05, 0) is 73.5 Å². The minimum Gasteiger partial charge on any atom is -0.492 e. The molecule has 3 aromatic rings. The van der Waals surface area contributed by atoms with E-state index in [0.717, 1.165) is 42.7 Å². The molecule has 0 spiro atoms. The second-order valence-corrected chi connectivity index (χ2v) is 9.13. The summed E-state index contributed by atoms with van der Waals surface area (Å²) < 4.78 is 6.88. The van der Waals surface area contributed by atoms with E-state index in [9.17, 15) is 4.79 Å². The molecular formula is C26H29BrN2O2. The van der Waals surface area contributed by atoms with E-state index in [2.05, 4.69) is 69.5 Å². The smallest absolute Gasteiger partial charge is 0.223 e. The highest BCUT2D eigenvalue weighted by Gasteiger charge is 2.26. The third-order valence-corrected chi connectivity index (χ3v) is 6.63. The molecular weight excluding hydrogens is 452 g/mol. The van der Waals surface area contributed by atoms with Crippen LogP contribution in [0.5, 0.6) is 5.75 Å². The number of ether oxygens (including phenoxy) is 1. The first-order valence-corrected chi connectivity index (χ1v) is 11.8. The summed E-state index contributed by atoms with van der Waals surface area (Å²) in [6, 6.07) is 22.5. The Morgan fingerprint density at radius 1 is 1.06 bits per heavy atom. The molecule has 1 fully saturated rings. The standard InChI is InChI=1S/C26H29BrN2O2/c1-19(24-8-4-6-20-5-2-3-7-25(20)24)28-26(30)21-13-15-29(16-14-21)17-18-31-23-11-9-22(27)10-12-23/h2-12,19,21H,13-18H2,1H3,(H,28,30). The molecule has 162 valence electrons. The van der Waals surface area contributed by atoms with E-state index in [-0.39, 0.29) is 17.9 Å². The maximum absolute atomic E-state index is 12.9. The van der Waals surface area contributed by atoms with Crippen LogP contribution in [-0.4, -0.2) is 37.0 Å². The van der Waals surface area contributed by atoms with Crippen molar-refractivity contribution in [2.24, 2.45) is 5.92 Å². The zero-order valence-corrected chi connectivity index (χ0v) is 19.5. The van der Waals surface area contributed by atoms with Crippen LogP contribution in [0.1, 0.15) is 31.4 Å². The lowest BCUT2D eigenvalue weighted by Gasteiger charge is -2.31. The summed E-state index contributed by atoms with van der Waals surface area (Å²) in [6.07, 6.45) is 1.79. The molecule has 3 aromatic carbocycles. The molecule has 31 heavy (non-hydrogen) atoms. The van der Waals surface area contributed by atoms with Crippen molar-refractivity contribution in [3.8, 4) is 5.75 Å². The van der Waals surface area contributed by atoms with Crippen molar-refractivity contribution in [1.82, 2.24) is 10.2 Å². The predicted molar refractivity (Wildman–Crippen MR) is 129 cm³/mol. The fourth-order valence-corrected chi connectivity index (χ4v) is 4.54. The lowest BCUT2D eigenvalue weighted by atomic mass is 9.94. The summed E-state index contributed by atoms with van der Waals surface area (Å²) in [5.74, 6) is 1.15. The van der Waals surface area contributed by atoms with E-state index >= 15 is 0 Å². The summed E-state index contributed by atoms with van der Waals surface area (Å²) in [4.78, 5) is 15.3. The Hall–Kier alpha value is -2.37. The number of fused-ring (bicyclic) bond motifs is 1. The summed E-state index contributed by atoms with van der Waals surface area (Å²) >= 11 is 3.44. The molecule has 4 nitrogen and oxygen atoms in total. The van der Waals surface area contributed by atoms with Gasteiger partial charge in [-0.2, -0.15) is 0 Å². The second-order valence-electron chi connectivity index (χ2n) is 8.22. The van der Waals surface area contributed by atoms with Crippen molar-refractivity contribution in [2.75, 3.05) is 26.2 Å². The molecule has 4 rings (SSSR count). The van der Waals surface area contributed by atoms with E-state index < -0.39 is 0 Å². The highest BCUT2D eigenvalue weighted by molar-refractivity contribution is 9.10. The zero-order valence-electron chi connectivity index (χ0n) is 17.9. The molecule has 0 saturated carbocycles. The Balaban J connectivity index is 1.24. The van der Waals surface area contributed by atoms with Gasteiger partial charge >= 0.3 is 0 Å². The van der Waals surface area contributed by atoms with Crippen molar-refractivity contribution in [3.63, 3.8) is 0 Å². The van der Waals surface area contributed by atoms with Crippen LogP contribution >= 0.6 is 15.9 Å². The average Bonchev–Trinajstić information content (AvgIpc) is 2.80. The quantitative estimate of drug-likeness (QED) is 0.480. The van der Waals surface area contributed by atoms with E-state index in [1.54, 1.807) is 0 Å². The molecule has 1 atom stereocenters. The van der Waals surface area contributed by atoms with Crippen LogP contribution < -0.4 is 10.1 Å². The van der Waals surface area contributed by atoms with Gasteiger partial charge in [-0.1, -0.05) is 58.4 Å². The number of nitrogens with one attached hydrogen (secondary N) is 1. The largest absolute Gasteiger partial charge is 0.492 e. The van der Waals surface area contributed by atoms with Gasteiger partial charge < -0.3 is 10.1 Å². The Kier molecular flexibility index (Phi) is 7.25. The number of carbonyl (C=O) groups excluding carboxylic acids is 1. The first-order valence-electron chi connectivity index (χ1n) is 11.0. The van der Waals surface area contributed by atoms with Gasteiger partial charge in [0.2, 0.25) is 5.91 Å². The average molecular weight is 481 g/mol. The van der Waals surface area contributed by atoms with E-state index in [1.165, 1.54) is 16.3 Å². The summed E-state index contributed by atoms with van der Waals surface area (Å²) in [6.45, 7) is 5.50. The van der Waals surface area contributed by atoms with Crippen LogP contribution in [-0.2, 0) is 4.79 Å². The lowest BCUT2D eigenvalue weighted by Crippen LogP contribution is -2.42. The van der Waals surface area contributed by atoms with E-state index in [4.69, 9.17) is 4.74 Å². The molecule has 5 heteroatoms. The SMILES string of the molecule is CC(NC(=O)C1CCN(CCOc2ccc(Br)cc2)CC1)c1cccc2ccccc12. The minimum absolute atomic E-state index is 0.00376. The molecule has 1 aliphatic rings. The van der Waals surface area contributed by atoms with Crippen LogP contribution in [0.15, 0.2) is 71.2 Å². The molecule has 1 saturated heterocycles. The fraction of sp³-hybridized carbons (Fsp3) is 0.346. The van der Waals surface area contributed by atoms with Crippen molar-refractivity contribution in [1.29, 1.82) is 0 Å². The van der Waals surface area contributed by atoms with E-state index in [1.807, 2.05) is 30.3 Å². The van der Waals surface area contributed by atoms with Gasteiger partial charge in [0.1, 0.15) is 12.4 Å². The van der Waals surface area contributed by atoms with Crippen molar-refractivity contribution in [3.05, 3.63) is 76.8 Å². The number of carbonyl (C=O) groups is 1. The first-order chi connectivity index (χ1) is 15.1. The minimum atomic E-state index is -0.00376. The van der Waals surface area contributed by atoms with Crippen LogP contribution in [0.3, 0.4) is 0 Å². The number of halogens is 1. The van der Waals surface area contributed by atoms with Crippen molar-refractivity contribution < 1.29 is 9.53 Å². The van der Waals surface area contributed by atoms with Crippen LogP contribution in [0.25, 0.3) is 10.8 Å². The highest BCUT2D eigenvalue weighted by Crippen LogP contribution is 2.25. The van der Waals surface area contributed by atoms with E-state index in [0.29, 0.717) is 6.61 Å². The van der Waals surface area contributed by atoms with Gasteiger partial charge in [0.15, 0.2) is 0 Å². The molecule has 1 unspecified atom stereocenters. The highest BCUT2D eigenvalue weighted by atomic mass is 79.9. The summed E-state index contributed by atoms with van der Waals surface area (Å²) in [5, 5.41) is 5.67. The number of nitrogens with zero attached hydrogens (tertiary/aromatic N) is 1. The lowest BCUT2D eigenvalue weighted by molar-refractivity contribution is -0.127. The zero-order chi connectivity index (χ0) is 21.6. The molecule has 1 heterocycles. The fourth-order valence-electron chi connectivity index (χ4n) is 4.28. The summed E-state index contributed by atoms with van der Waals surface area (Å²) in [7, 11) is 0. The number of amides is 1. The third kappa shape index (κ3) is 5.66. The molecule has 0 aromatic heterocycles. The van der Waals surface area contributed by atoms with Crippen molar-refractivity contribution >= 4 is 32.6 Å². The van der Waals surface area contributed by atoms with Gasteiger partial charge in [-0.15, -0.1) is 0 Å². The van der Waals surface area contributed by atoms with Crippen LogP contribution in [0.2, 0.25) is 0 Å². The maximum Gasteiger partial charge on any atom is 0.223 e. The van der Waals surface area contributed by atoms with Gasteiger partial charge in [-0.25, -0.2) is 0 Å². The number of hydrogen-bond acceptors (Lipinski definition) is 3. The molecule has 0 aliphatic carbocycles. The molecule has 0 bridgehead atoms. The Morgan fingerprint density at radius 3 is 2.55 bits per heavy atom. The number of likely N-dealkylation sites (tertiary alicyclic amines) is 1. The Labute approximate surface area is 192 Å². The van der Waals surface area contributed by atoms with Gasteiger partial charge in [-0.3, -0.25) is 9.69 Å². The van der Waals surface area contributed by atoms with Gasteiger partial charge in [0.05, 0.1) is 6.04 Å². The Morgan fingerprint density at radius 2 is 1.77 bits per heavy atom. The molecule has 0 radical (unpaired) electrons. The molecule has 1 amide bonds. The normalized spacial score (nSPS) is 16.2. The first kappa shape index (κ1) is 21.8. The molecule has 1 aliphatic heterocycles. The second kappa shape index (κ2) is 10.3.